The first-order chi connectivity index (χ1) is 26.7. The number of hydrogen-bond acceptors (Lipinski definition) is 11. The summed E-state index contributed by atoms with van der Waals surface area (Å²) < 4.78 is 33.5. The highest BCUT2D eigenvalue weighted by molar-refractivity contribution is 6.34. The number of nitrogens with zero attached hydrogens (tertiary/aromatic N) is 4. The van der Waals surface area contributed by atoms with E-state index in [9.17, 15) is 4.79 Å². The van der Waals surface area contributed by atoms with Crippen molar-refractivity contribution >= 4 is 41.3 Å². The number of methoxy groups -OCH3 is 2. The van der Waals surface area contributed by atoms with Crippen LogP contribution in [0.3, 0.4) is 0 Å². The van der Waals surface area contributed by atoms with E-state index in [1.165, 1.54) is 51.5 Å². The van der Waals surface area contributed by atoms with Crippen molar-refractivity contribution in [1.29, 1.82) is 0 Å². The molecule has 2 fully saturated rings. The summed E-state index contributed by atoms with van der Waals surface area (Å²) in [6, 6.07) is 6.04. The average molecular weight is 779 g/mol. The molecule has 2 amide bonds. The summed E-state index contributed by atoms with van der Waals surface area (Å²) in [6.07, 6.45) is 17.2. The number of fused-ring (bicyclic) bond motifs is 1. The van der Waals surface area contributed by atoms with Crippen LogP contribution in [0, 0.1) is 12.3 Å². The number of aryl methyl sites for hydroxylation is 1. The zero-order chi connectivity index (χ0) is 39.0. The van der Waals surface area contributed by atoms with E-state index in [0.29, 0.717) is 58.3 Å². The van der Waals surface area contributed by atoms with Gasteiger partial charge < -0.3 is 38.4 Å². The molecule has 1 aromatic carbocycles. The van der Waals surface area contributed by atoms with Crippen LogP contribution in [0.1, 0.15) is 77.4 Å². The van der Waals surface area contributed by atoms with Crippen LogP contribution in [-0.2, 0) is 18.9 Å². The topological polar surface area (TPSA) is 142 Å². The number of halogens is 1. The number of amides is 2. The number of hydrogen-bond donors (Lipinski definition) is 2. The van der Waals surface area contributed by atoms with Gasteiger partial charge in [-0.05, 0) is 110 Å². The number of benzene rings is 1. The van der Waals surface area contributed by atoms with E-state index in [2.05, 4.69) is 36.7 Å². The van der Waals surface area contributed by atoms with Crippen LogP contribution in [0.4, 0.5) is 16.3 Å². The van der Waals surface area contributed by atoms with Gasteiger partial charge in [-0.3, -0.25) is 5.32 Å². The molecule has 0 saturated carbocycles. The fraction of sp³-hybridized carbons (Fsp3) is 0.512. The molecule has 2 aromatic heterocycles. The third kappa shape index (κ3) is 12.5. The lowest BCUT2D eigenvalue weighted by Gasteiger charge is -2.44. The van der Waals surface area contributed by atoms with E-state index < -0.39 is 6.03 Å². The summed E-state index contributed by atoms with van der Waals surface area (Å²) in [5.41, 5.74) is 0.890. The molecule has 3 aliphatic rings. The van der Waals surface area contributed by atoms with E-state index in [4.69, 9.17) is 39.8 Å². The van der Waals surface area contributed by atoms with Crippen molar-refractivity contribution in [2.75, 3.05) is 64.3 Å². The highest BCUT2D eigenvalue weighted by Gasteiger charge is 2.38. The highest BCUT2D eigenvalue weighted by atomic mass is 35.5. The van der Waals surface area contributed by atoms with E-state index in [1.807, 2.05) is 26.0 Å². The molecule has 6 rings (SSSR count). The van der Waals surface area contributed by atoms with Crippen LogP contribution < -0.4 is 25.9 Å². The molecule has 4 heterocycles. The number of aromatic nitrogens is 3. The standard InChI is InChI=1S/C36H45ClN6O6.C5H10O/c1-25-19-33(42-49-25)41-35(44)40-30-12-11-26(20-28(30)37)48-34-27-21-32(45-2)31(10-6-9-29(27)38-24-39-34)47-18-5-3-4-15-43-16-7-13-36(14-8-17-43)22-46-23-36;1-4-5(2)6-3/h9,11-12,19-21,24H,3-8,10,13-18,22-23H2,1-2H3,(H2,40,41,42,44);4H,1-3H3/b27-21+,29-9?,32-31-;5-4-. The molecule has 1 spiro atoms. The summed E-state index contributed by atoms with van der Waals surface area (Å²) >= 11 is 6.50. The van der Waals surface area contributed by atoms with E-state index >= 15 is 0 Å². The van der Waals surface area contributed by atoms with Crippen LogP contribution >= 0.6 is 11.6 Å². The number of allylic oxidation sites excluding steroid dienone is 4. The van der Waals surface area contributed by atoms with Crippen LogP contribution in [0.5, 0.6) is 11.6 Å². The first-order valence-corrected chi connectivity index (χ1v) is 19.5. The van der Waals surface area contributed by atoms with Gasteiger partial charge in [-0.1, -0.05) is 28.9 Å². The van der Waals surface area contributed by atoms with E-state index in [-0.39, 0.29) is 5.02 Å². The Labute approximate surface area is 328 Å². The lowest BCUT2D eigenvalue weighted by molar-refractivity contribution is -0.127. The molecule has 1 aliphatic carbocycles. The van der Waals surface area contributed by atoms with Crippen molar-refractivity contribution in [2.24, 2.45) is 5.41 Å². The SMILES string of the molecule is C/C=C(/C)OC.COC1=C(\OCCCCCN2CCCC3(CCC2)COC3)CCC=c2ncnc(Oc3ccc(NC(=O)Nc4cc(C)on4)c(Cl)c3)\c2=C\1. The molecular formula is C41H55ClN6O7. The summed E-state index contributed by atoms with van der Waals surface area (Å²) in [7, 11) is 3.30. The first-order valence-electron chi connectivity index (χ1n) is 19.1. The van der Waals surface area contributed by atoms with Crippen molar-refractivity contribution in [3.8, 4) is 11.6 Å². The maximum absolute atomic E-state index is 12.4. The van der Waals surface area contributed by atoms with Gasteiger partial charge in [-0.15, -0.1) is 0 Å². The maximum atomic E-state index is 12.4. The van der Waals surface area contributed by atoms with Gasteiger partial charge in [0.25, 0.3) is 0 Å². The number of nitrogens with one attached hydrogen (secondary N) is 2. The largest absolute Gasteiger partial charge is 0.502 e. The first kappa shape index (κ1) is 41.6. The Kier molecular flexibility index (Phi) is 15.8. The fourth-order valence-corrected chi connectivity index (χ4v) is 6.87. The molecule has 14 heteroatoms. The van der Waals surface area contributed by atoms with Crippen LogP contribution in [0.15, 0.2) is 58.5 Å². The molecular weight excluding hydrogens is 724 g/mol. The number of urea groups is 1. The Morgan fingerprint density at radius 2 is 1.87 bits per heavy atom. The van der Waals surface area contributed by atoms with Gasteiger partial charge in [0.2, 0.25) is 5.88 Å². The number of carbonyl (C=O) groups excluding carboxylic acids is 1. The normalized spacial score (nSPS) is 18.9. The molecule has 3 aromatic rings. The lowest BCUT2D eigenvalue weighted by Crippen LogP contribution is -2.45. The van der Waals surface area contributed by atoms with Crippen molar-refractivity contribution < 1.29 is 33.0 Å². The predicted molar refractivity (Wildman–Crippen MR) is 213 cm³/mol. The molecule has 298 valence electrons. The minimum absolute atomic E-state index is 0.281. The Morgan fingerprint density at radius 1 is 1.07 bits per heavy atom. The zero-order valence-electron chi connectivity index (χ0n) is 32.7. The molecule has 0 bridgehead atoms. The smallest absolute Gasteiger partial charge is 0.324 e. The molecule has 2 N–H and O–H groups in total. The molecule has 0 atom stereocenters. The summed E-state index contributed by atoms with van der Waals surface area (Å²) in [6.45, 7) is 11.7. The quantitative estimate of drug-likeness (QED) is 0.130. The van der Waals surface area contributed by atoms with Crippen molar-refractivity contribution in [1.82, 2.24) is 20.0 Å². The maximum Gasteiger partial charge on any atom is 0.324 e. The Balaban J connectivity index is 0.000000895. The second-order valence-corrected chi connectivity index (χ2v) is 14.5. The van der Waals surface area contributed by atoms with Gasteiger partial charge in [0.1, 0.15) is 23.6 Å². The number of ether oxygens (including phenoxy) is 5. The van der Waals surface area contributed by atoms with Crippen molar-refractivity contribution in [3.63, 3.8) is 0 Å². The molecule has 2 aliphatic heterocycles. The van der Waals surface area contributed by atoms with Crippen LogP contribution in [-0.4, -0.2) is 79.7 Å². The molecule has 2 saturated heterocycles. The van der Waals surface area contributed by atoms with Gasteiger partial charge in [0.05, 0.1) is 61.1 Å². The Morgan fingerprint density at radius 3 is 2.51 bits per heavy atom. The second kappa shape index (κ2) is 20.9. The zero-order valence-corrected chi connectivity index (χ0v) is 33.5. The molecule has 0 radical (unpaired) electrons. The summed E-state index contributed by atoms with van der Waals surface area (Å²) in [4.78, 5) is 23.9. The lowest BCUT2D eigenvalue weighted by atomic mass is 9.76. The van der Waals surface area contributed by atoms with E-state index in [1.54, 1.807) is 45.4 Å². The summed E-state index contributed by atoms with van der Waals surface area (Å²) in [5, 5.41) is 10.7. The Hall–Kier alpha value is -4.59. The predicted octanol–water partition coefficient (Wildman–Crippen LogP) is 7.71. The average Bonchev–Trinajstić information content (AvgIpc) is 3.55. The van der Waals surface area contributed by atoms with Crippen molar-refractivity contribution in [2.45, 2.75) is 78.6 Å². The molecule has 0 unspecified atom stereocenters. The summed E-state index contributed by atoms with van der Waals surface area (Å²) in [5.74, 6) is 4.04. The van der Waals surface area contributed by atoms with Crippen LogP contribution in [0.2, 0.25) is 5.02 Å². The third-order valence-electron chi connectivity index (χ3n) is 9.93. The number of unbranched alkanes of at least 4 members (excludes halogenated alkanes) is 2. The number of rotatable bonds is 13. The van der Waals surface area contributed by atoms with Gasteiger partial charge in [0, 0.05) is 24.0 Å². The number of anilines is 2. The van der Waals surface area contributed by atoms with Gasteiger partial charge in [-0.25, -0.2) is 14.8 Å². The Bertz CT molecular complexity index is 1900. The molecule has 13 nitrogen and oxygen atoms in total. The minimum atomic E-state index is -0.510. The van der Waals surface area contributed by atoms with E-state index in [0.717, 1.165) is 55.9 Å². The highest BCUT2D eigenvalue weighted by Crippen LogP contribution is 2.38. The van der Waals surface area contributed by atoms with Crippen molar-refractivity contribution in [3.05, 3.63) is 75.3 Å². The van der Waals surface area contributed by atoms with Gasteiger partial charge in [0.15, 0.2) is 11.6 Å². The molecule has 55 heavy (non-hydrogen) atoms. The second-order valence-electron chi connectivity index (χ2n) is 14.1. The monoisotopic (exact) mass is 778 g/mol. The number of carbonyl (C=O) groups is 1. The van der Waals surface area contributed by atoms with Gasteiger partial charge in [-0.2, -0.15) is 0 Å². The van der Waals surface area contributed by atoms with Gasteiger partial charge >= 0.3 is 6.03 Å². The van der Waals surface area contributed by atoms with Crippen LogP contribution in [0.25, 0.3) is 12.2 Å². The minimum Gasteiger partial charge on any atom is -0.502 e. The number of likely N-dealkylation sites (tertiary alicyclic amines) is 1. The third-order valence-corrected chi connectivity index (χ3v) is 10.2. The fourth-order valence-electron chi connectivity index (χ4n) is 6.65.